The van der Waals surface area contributed by atoms with Crippen LogP contribution in [0.5, 0.6) is 0 Å². The van der Waals surface area contributed by atoms with Crippen LogP contribution in [0.2, 0.25) is 0 Å². The lowest BCUT2D eigenvalue weighted by Crippen LogP contribution is -2.39. The molecule has 5 heteroatoms. The van der Waals surface area contributed by atoms with Gasteiger partial charge in [0.25, 0.3) is 0 Å². The van der Waals surface area contributed by atoms with E-state index in [4.69, 9.17) is 4.74 Å². The van der Waals surface area contributed by atoms with E-state index in [0.29, 0.717) is 12.3 Å². The number of nitrogens with zero attached hydrogens (tertiary/aromatic N) is 3. The van der Waals surface area contributed by atoms with Crippen molar-refractivity contribution in [2.24, 2.45) is 5.10 Å². The molecule has 0 radical (unpaired) electrons. The van der Waals surface area contributed by atoms with E-state index in [2.05, 4.69) is 5.10 Å². The summed E-state index contributed by atoms with van der Waals surface area (Å²) in [5.74, 6) is 0.820. The lowest BCUT2D eigenvalue weighted by molar-refractivity contribution is -0.135. The van der Waals surface area contributed by atoms with Crippen molar-refractivity contribution in [3.8, 4) is 0 Å². The van der Waals surface area contributed by atoms with Crippen LogP contribution in [0.1, 0.15) is 32.6 Å². The number of hydrogen-bond donors (Lipinski definition) is 0. The van der Waals surface area contributed by atoms with Gasteiger partial charge in [-0.2, -0.15) is 0 Å². The molecule has 2 rings (SSSR count). The molecule has 16 heavy (non-hydrogen) atoms. The monoisotopic (exact) mass is 225 g/mol. The van der Waals surface area contributed by atoms with Gasteiger partial charge in [-0.15, -0.1) is 5.10 Å². The molecule has 0 spiro atoms. The Morgan fingerprint density at radius 3 is 2.69 bits per heavy atom. The van der Waals surface area contributed by atoms with Crippen LogP contribution >= 0.6 is 0 Å². The van der Waals surface area contributed by atoms with Crippen LogP contribution < -0.4 is 0 Å². The van der Waals surface area contributed by atoms with Gasteiger partial charge in [0.1, 0.15) is 0 Å². The maximum atomic E-state index is 12.0. The fourth-order valence-corrected chi connectivity index (χ4v) is 2.18. The molecule has 2 aliphatic rings. The van der Waals surface area contributed by atoms with Crippen LogP contribution in [0.15, 0.2) is 5.10 Å². The van der Waals surface area contributed by atoms with Crippen molar-refractivity contribution in [3.63, 3.8) is 0 Å². The smallest absolute Gasteiger partial charge is 0.228 e. The summed E-state index contributed by atoms with van der Waals surface area (Å²) in [7, 11) is 1.84. The summed E-state index contributed by atoms with van der Waals surface area (Å²) in [5.41, 5.74) is 0. The number of likely N-dealkylation sites (tertiary alicyclic amines) is 1. The van der Waals surface area contributed by atoms with Gasteiger partial charge in [0, 0.05) is 27.1 Å². The minimum absolute atomic E-state index is 0.182. The van der Waals surface area contributed by atoms with E-state index in [0.717, 1.165) is 25.9 Å². The van der Waals surface area contributed by atoms with Gasteiger partial charge in [-0.3, -0.25) is 9.80 Å². The largest absolute Gasteiger partial charge is 0.454 e. The molecule has 1 amide bonds. The molecule has 2 heterocycles. The Bertz CT molecular complexity index is 298. The number of amides is 1. The van der Waals surface area contributed by atoms with Gasteiger partial charge in [-0.1, -0.05) is 0 Å². The highest BCUT2D eigenvalue weighted by Gasteiger charge is 2.27. The quantitative estimate of drug-likeness (QED) is 0.704. The molecule has 0 bridgehead atoms. The zero-order valence-electron chi connectivity index (χ0n) is 9.98. The molecule has 0 saturated carbocycles. The SMILES string of the molecule is CC1=NN(C)C(CC(=O)N2CCCCC2)O1. The summed E-state index contributed by atoms with van der Waals surface area (Å²) in [6.45, 7) is 3.60. The first kappa shape index (κ1) is 11.2. The maximum Gasteiger partial charge on any atom is 0.228 e. The highest BCUT2D eigenvalue weighted by atomic mass is 16.5. The lowest BCUT2D eigenvalue weighted by Gasteiger charge is -2.28. The Balaban J connectivity index is 1.83. The summed E-state index contributed by atoms with van der Waals surface area (Å²) in [6.07, 6.45) is 3.68. The minimum Gasteiger partial charge on any atom is -0.454 e. The predicted molar refractivity (Wildman–Crippen MR) is 60.8 cm³/mol. The molecular weight excluding hydrogens is 206 g/mol. The van der Waals surface area contributed by atoms with Crippen LogP contribution in [0.4, 0.5) is 0 Å². The predicted octanol–water partition coefficient (Wildman–Crippen LogP) is 1.01. The first-order chi connectivity index (χ1) is 7.66. The molecule has 0 N–H and O–H groups in total. The molecule has 1 saturated heterocycles. The average molecular weight is 225 g/mol. The van der Waals surface area contributed by atoms with Crippen molar-refractivity contribution in [2.45, 2.75) is 38.8 Å². The maximum absolute atomic E-state index is 12.0. The van der Waals surface area contributed by atoms with E-state index < -0.39 is 0 Å². The summed E-state index contributed by atoms with van der Waals surface area (Å²) in [5, 5.41) is 5.84. The van der Waals surface area contributed by atoms with Gasteiger partial charge < -0.3 is 9.64 Å². The van der Waals surface area contributed by atoms with E-state index in [1.807, 2.05) is 18.9 Å². The van der Waals surface area contributed by atoms with Crippen LogP contribution in [-0.2, 0) is 9.53 Å². The standard InChI is InChI=1S/C11H19N3O2/c1-9-12-13(2)11(16-9)8-10(15)14-6-4-3-5-7-14/h11H,3-8H2,1-2H3. The third-order valence-electron chi connectivity index (χ3n) is 3.08. The molecular formula is C11H19N3O2. The first-order valence-corrected chi connectivity index (χ1v) is 5.89. The Morgan fingerprint density at radius 2 is 2.12 bits per heavy atom. The molecule has 90 valence electrons. The zero-order valence-corrected chi connectivity index (χ0v) is 9.98. The number of ether oxygens (including phenoxy) is 1. The van der Waals surface area contributed by atoms with Gasteiger partial charge in [0.15, 0.2) is 6.23 Å². The molecule has 0 aliphatic carbocycles. The van der Waals surface area contributed by atoms with E-state index in [-0.39, 0.29) is 12.1 Å². The molecule has 1 fully saturated rings. The van der Waals surface area contributed by atoms with Gasteiger partial charge in [0.05, 0.1) is 6.42 Å². The average Bonchev–Trinajstić information content (AvgIpc) is 2.59. The van der Waals surface area contributed by atoms with Crippen molar-refractivity contribution in [1.82, 2.24) is 9.91 Å². The Morgan fingerprint density at radius 1 is 1.44 bits per heavy atom. The van der Waals surface area contributed by atoms with Gasteiger partial charge in [-0.05, 0) is 19.3 Å². The second kappa shape index (κ2) is 4.72. The van der Waals surface area contributed by atoms with Gasteiger partial charge in [-0.25, -0.2) is 0 Å². The second-order valence-electron chi connectivity index (χ2n) is 4.41. The third kappa shape index (κ3) is 2.46. The summed E-state index contributed by atoms with van der Waals surface area (Å²) in [6, 6.07) is 0. The summed E-state index contributed by atoms with van der Waals surface area (Å²) >= 11 is 0. The molecule has 1 atom stereocenters. The Hall–Kier alpha value is -1.26. The zero-order chi connectivity index (χ0) is 11.5. The van der Waals surface area contributed by atoms with E-state index in [1.54, 1.807) is 5.01 Å². The number of hydrogen-bond acceptors (Lipinski definition) is 4. The summed E-state index contributed by atoms with van der Waals surface area (Å²) in [4.78, 5) is 13.9. The van der Waals surface area contributed by atoms with Crippen LogP contribution in [-0.4, -0.2) is 48.1 Å². The van der Waals surface area contributed by atoms with Crippen molar-refractivity contribution in [3.05, 3.63) is 0 Å². The fraction of sp³-hybridized carbons (Fsp3) is 0.818. The van der Waals surface area contributed by atoms with E-state index in [1.165, 1.54) is 6.42 Å². The molecule has 0 aromatic carbocycles. The van der Waals surface area contributed by atoms with Crippen molar-refractivity contribution < 1.29 is 9.53 Å². The minimum atomic E-state index is -0.213. The number of rotatable bonds is 2. The lowest BCUT2D eigenvalue weighted by atomic mass is 10.1. The van der Waals surface area contributed by atoms with Crippen molar-refractivity contribution in [2.75, 3.05) is 20.1 Å². The molecule has 0 aromatic rings. The third-order valence-corrected chi connectivity index (χ3v) is 3.08. The Kier molecular flexibility index (Phi) is 3.31. The Labute approximate surface area is 96.0 Å². The second-order valence-corrected chi connectivity index (χ2v) is 4.41. The number of carbonyl (C=O) groups excluding carboxylic acids is 1. The molecule has 0 aromatic heterocycles. The number of hydrazone groups is 1. The highest BCUT2D eigenvalue weighted by Crippen LogP contribution is 2.16. The topological polar surface area (TPSA) is 45.1 Å². The number of piperidine rings is 1. The first-order valence-electron chi connectivity index (χ1n) is 5.89. The molecule has 1 unspecified atom stereocenters. The number of carbonyl (C=O) groups is 1. The van der Waals surface area contributed by atoms with E-state index >= 15 is 0 Å². The molecule has 5 nitrogen and oxygen atoms in total. The van der Waals surface area contributed by atoms with Crippen LogP contribution in [0, 0.1) is 0 Å². The van der Waals surface area contributed by atoms with E-state index in [9.17, 15) is 4.79 Å². The molecule has 2 aliphatic heterocycles. The van der Waals surface area contributed by atoms with Crippen molar-refractivity contribution >= 4 is 11.8 Å². The normalized spacial score (nSPS) is 25.4. The van der Waals surface area contributed by atoms with Gasteiger partial charge >= 0.3 is 0 Å². The highest BCUT2D eigenvalue weighted by molar-refractivity contribution is 5.78. The van der Waals surface area contributed by atoms with Crippen LogP contribution in [0.3, 0.4) is 0 Å². The van der Waals surface area contributed by atoms with Crippen molar-refractivity contribution in [1.29, 1.82) is 0 Å². The van der Waals surface area contributed by atoms with Gasteiger partial charge in [0.2, 0.25) is 11.8 Å². The summed E-state index contributed by atoms with van der Waals surface area (Å²) < 4.78 is 5.46. The van der Waals surface area contributed by atoms with Crippen LogP contribution in [0.25, 0.3) is 0 Å². The fourth-order valence-electron chi connectivity index (χ4n) is 2.18.